The van der Waals surface area contributed by atoms with Crippen molar-refractivity contribution < 1.29 is 14.7 Å². The molecule has 15 heavy (non-hydrogen) atoms. The Bertz CT molecular complexity index is 190. The van der Waals surface area contributed by atoms with E-state index in [0.29, 0.717) is 12.2 Å². The van der Waals surface area contributed by atoms with E-state index in [4.69, 9.17) is 5.11 Å². The molecule has 0 heterocycles. The number of carboxylic acid groups (broad SMARTS) is 1. The van der Waals surface area contributed by atoms with Crippen LogP contribution >= 0.6 is 23.5 Å². The lowest BCUT2D eigenvalue weighted by molar-refractivity contribution is -0.139. The molecule has 0 rings (SSSR count). The highest BCUT2D eigenvalue weighted by Gasteiger charge is 2.15. The molecule has 0 fully saturated rings. The van der Waals surface area contributed by atoms with Crippen molar-refractivity contribution in [3.05, 3.63) is 0 Å². The number of rotatable bonds is 10. The third kappa shape index (κ3) is 8.62. The smallest absolute Gasteiger partial charge is 0.327 e. The molecular formula is C9H17NO3S2. The molecule has 0 aliphatic rings. The lowest BCUT2D eigenvalue weighted by Crippen LogP contribution is -2.37. The van der Waals surface area contributed by atoms with E-state index in [-0.39, 0.29) is 0 Å². The molecule has 0 aliphatic carbocycles. The highest BCUT2D eigenvalue weighted by Crippen LogP contribution is 2.08. The number of aliphatic carboxylic acids is 1. The van der Waals surface area contributed by atoms with Gasteiger partial charge in [0.05, 0.1) is 0 Å². The number of nitrogens with one attached hydrogen (secondary N) is 1. The topological polar surface area (TPSA) is 66.4 Å². The van der Waals surface area contributed by atoms with Gasteiger partial charge in [0.1, 0.15) is 6.04 Å². The van der Waals surface area contributed by atoms with Gasteiger partial charge in [-0.05, 0) is 23.7 Å². The van der Waals surface area contributed by atoms with E-state index in [2.05, 4.69) is 12.2 Å². The van der Waals surface area contributed by atoms with Gasteiger partial charge >= 0.3 is 5.97 Å². The van der Waals surface area contributed by atoms with E-state index < -0.39 is 12.0 Å². The first-order valence-electron chi connectivity index (χ1n) is 4.80. The standard InChI is InChI=1S/C9H17NO3S2/c1-2-14-4-3-5-15-6-8(9(12)13)10-7-11/h7-8H,2-6H2,1H3,(H,10,11)(H,12,13). The third-order valence-corrected chi connectivity index (χ3v) is 3.77. The Hall–Kier alpha value is -0.360. The van der Waals surface area contributed by atoms with Crippen molar-refractivity contribution in [1.29, 1.82) is 0 Å². The molecule has 0 bridgehead atoms. The Morgan fingerprint density at radius 2 is 2.13 bits per heavy atom. The summed E-state index contributed by atoms with van der Waals surface area (Å²) in [6.07, 6.45) is 1.52. The molecule has 2 N–H and O–H groups in total. The number of hydrogen-bond acceptors (Lipinski definition) is 4. The second-order valence-corrected chi connectivity index (χ2v) is 5.34. The van der Waals surface area contributed by atoms with Gasteiger partial charge in [0, 0.05) is 5.75 Å². The summed E-state index contributed by atoms with van der Waals surface area (Å²) in [7, 11) is 0. The Labute approximate surface area is 98.6 Å². The summed E-state index contributed by atoms with van der Waals surface area (Å²) in [4.78, 5) is 20.7. The van der Waals surface area contributed by atoms with Crippen LogP contribution < -0.4 is 5.32 Å². The highest BCUT2D eigenvalue weighted by atomic mass is 32.2. The molecule has 0 aromatic heterocycles. The minimum atomic E-state index is -0.975. The molecular weight excluding hydrogens is 234 g/mol. The lowest BCUT2D eigenvalue weighted by atomic mass is 10.3. The second kappa shape index (κ2) is 10.2. The van der Waals surface area contributed by atoms with Crippen LogP contribution in [0.25, 0.3) is 0 Å². The molecule has 0 saturated carbocycles. The summed E-state index contributed by atoms with van der Waals surface area (Å²) in [5.74, 6) is 2.64. The zero-order valence-corrected chi connectivity index (χ0v) is 10.4. The number of carboxylic acids is 1. The van der Waals surface area contributed by atoms with E-state index in [1.165, 1.54) is 0 Å². The predicted molar refractivity (Wildman–Crippen MR) is 65.6 cm³/mol. The van der Waals surface area contributed by atoms with Gasteiger partial charge in [-0.2, -0.15) is 23.5 Å². The summed E-state index contributed by atoms with van der Waals surface area (Å²) >= 11 is 3.45. The Morgan fingerprint density at radius 1 is 1.47 bits per heavy atom. The molecule has 0 spiro atoms. The molecule has 1 amide bonds. The lowest BCUT2D eigenvalue weighted by Gasteiger charge is -2.09. The van der Waals surface area contributed by atoms with Crippen LogP contribution in [0.2, 0.25) is 0 Å². The minimum absolute atomic E-state index is 0.435. The normalized spacial score (nSPS) is 12.1. The van der Waals surface area contributed by atoms with Crippen molar-refractivity contribution in [1.82, 2.24) is 5.32 Å². The number of carbonyl (C=O) groups is 2. The maximum Gasteiger partial charge on any atom is 0.327 e. The summed E-state index contributed by atoms with van der Waals surface area (Å²) in [6, 6.07) is -0.758. The van der Waals surface area contributed by atoms with E-state index >= 15 is 0 Å². The Morgan fingerprint density at radius 3 is 2.67 bits per heavy atom. The van der Waals surface area contributed by atoms with Gasteiger partial charge in [-0.25, -0.2) is 4.79 Å². The van der Waals surface area contributed by atoms with Gasteiger partial charge in [-0.3, -0.25) is 4.79 Å². The van der Waals surface area contributed by atoms with Gasteiger partial charge in [0.15, 0.2) is 0 Å². The van der Waals surface area contributed by atoms with Crippen LogP contribution in [-0.4, -0.2) is 46.5 Å². The molecule has 6 heteroatoms. The number of amides is 1. The van der Waals surface area contributed by atoms with Gasteiger partial charge in [0.2, 0.25) is 6.41 Å². The molecule has 1 unspecified atom stereocenters. The fraction of sp³-hybridized carbons (Fsp3) is 0.778. The van der Waals surface area contributed by atoms with E-state index in [9.17, 15) is 9.59 Å². The fourth-order valence-electron chi connectivity index (χ4n) is 0.881. The average molecular weight is 251 g/mol. The molecule has 0 aliphatic heterocycles. The Kier molecular flexibility index (Phi) is 9.92. The number of thioether (sulfide) groups is 2. The van der Waals surface area contributed by atoms with Crippen molar-refractivity contribution in [3.63, 3.8) is 0 Å². The van der Waals surface area contributed by atoms with E-state index in [0.717, 1.165) is 23.7 Å². The molecule has 0 aromatic rings. The maximum absolute atomic E-state index is 10.6. The van der Waals surface area contributed by atoms with Crippen molar-refractivity contribution in [2.75, 3.05) is 23.0 Å². The number of hydrogen-bond donors (Lipinski definition) is 2. The van der Waals surface area contributed by atoms with Gasteiger partial charge in [-0.1, -0.05) is 6.92 Å². The minimum Gasteiger partial charge on any atom is -0.480 e. The predicted octanol–water partition coefficient (Wildman–Crippen LogP) is 1.06. The van der Waals surface area contributed by atoms with Gasteiger partial charge in [0.25, 0.3) is 0 Å². The molecule has 0 radical (unpaired) electrons. The van der Waals surface area contributed by atoms with E-state index in [1.54, 1.807) is 11.8 Å². The molecule has 1 atom stereocenters. The fourth-order valence-corrected chi connectivity index (χ4v) is 2.69. The van der Waals surface area contributed by atoms with E-state index in [1.807, 2.05) is 11.8 Å². The summed E-state index contributed by atoms with van der Waals surface area (Å²) < 4.78 is 0. The summed E-state index contributed by atoms with van der Waals surface area (Å²) in [5.41, 5.74) is 0. The third-order valence-electron chi connectivity index (χ3n) is 1.63. The van der Waals surface area contributed by atoms with Crippen molar-refractivity contribution in [2.45, 2.75) is 19.4 Å². The van der Waals surface area contributed by atoms with Crippen molar-refractivity contribution >= 4 is 35.9 Å². The first kappa shape index (κ1) is 14.6. The SMILES string of the molecule is CCSCCCSCC(NC=O)C(=O)O. The van der Waals surface area contributed by atoms with Crippen LogP contribution in [-0.2, 0) is 9.59 Å². The average Bonchev–Trinajstić information content (AvgIpc) is 2.21. The highest BCUT2D eigenvalue weighted by molar-refractivity contribution is 8.00. The van der Waals surface area contributed by atoms with Crippen molar-refractivity contribution in [3.8, 4) is 0 Å². The maximum atomic E-state index is 10.6. The summed E-state index contributed by atoms with van der Waals surface area (Å²) in [6.45, 7) is 2.12. The molecule has 0 saturated heterocycles. The zero-order chi connectivity index (χ0) is 11.5. The van der Waals surface area contributed by atoms with Crippen LogP contribution in [0.15, 0.2) is 0 Å². The molecule has 4 nitrogen and oxygen atoms in total. The first-order valence-corrected chi connectivity index (χ1v) is 7.11. The molecule has 88 valence electrons. The first-order chi connectivity index (χ1) is 7.22. The van der Waals surface area contributed by atoms with Crippen LogP contribution in [0, 0.1) is 0 Å². The largest absolute Gasteiger partial charge is 0.480 e. The summed E-state index contributed by atoms with van der Waals surface area (Å²) in [5, 5.41) is 11.0. The molecule has 0 aromatic carbocycles. The number of carbonyl (C=O) groups excluding carboxylic acids is 1. The van der Waals surface area contributed by atoms with Gasteiger partial charge in [-0.15, -0.1) is 0 Å². The van der Waals surface area contributed by atoms with Crippen LogP contribution in [0.5, 0.6) is 0 Å². The van der Waals surface area contributed by atoms with Gasteiger partial charge < -0.3 is 10.4 Å². The zero-order valence-electron chi connectivity index (χ0n) is 8.77. The quantitative estimate of drug-likeness (QED) is 0.449. The monoisotopic (exact) mass is 251 g/mol. The Balaban J connectivity index is 3.45. The van der Waals surface area contributed by atoms with Crippen LogP contribution in [0.1, 0.15) is 13.3 Å². The van der Waals surface area contributed by atoms with Crippen LogP contribution in [0.4, 0.5) is 0 Å². The van der Waals surface area contributed by atoms with Crippen molar-refractivity contribution in [2.24, 2.45) is 0 Å². The van der Waals surface area contributed by atoms with Crippen LogP contribution in [0.3, 0.4) is 0 Å². The second-order valence-electron chi connectivity index (χ2n) is 2.80.